The second kappa shape index (κ2) is 12.1. The summed E-state index contributed by atoms with van der Waals surface area (Å²) >= 11 is 0. The Bertz CT molecular complexity index is 380. The first-order chi connectivity index (χ1) is 7.54. The molecule has 0 aliphatic carbocycles. The maximum Gasteiger partial charge on any atom is 4.00 e. The molecule has 114 valence electrons. The largest absolute Gasteiger partial charge is 4.00 e. The zero-order valence-electron chi connectivity index (χ0n) is 13.9. The zero-order valence-corrected chi connectivity index (χ0v) is 19.0. The van der Waals surface area contributed by atoms with E-state index in [9.17, 15) is 0 Å². The van der Waals surface area contributed by atoms with Crippen LogP contribution in [0.2, 0.25) is 0 Å². The molecule has 0 aliphatic heterocycles. The Balaban J connectivity index is -0.000000112. The van der Waals surface area contributed by atoms with Crippen molar-refractivity contribution in [2.45, 2.75) is 54.0 Å². The van der Waals surface area contributed by atoms with Crippen LogP contribution in [0, 0.1) is 27.7 Å². The van der Waals surface area contributed by atoms with Gasteiger partial charge >= 0.3 is 21.7 Å². The van der Waals surface area contributed by atoms with E-state index in [4.69, 9.17) is 5.73 Å². The molecule has 0 atom stereocenters. The molecule has 1 N–H and O–H groups in total. The molecule has 0 saturated heterocycles. The molecule has 0 aliphatic rings. The Labute approximate surface area is 155 Å². The first-order valence-electron chi connectivity index (χ1n) is 6.15. The summed E-state index contributed by atoms with van der Waals surface area (Å²) in [7, 11) is 1.09. The third kappa shape index (κ3) is 12.3. The minimum absolute atomic E-state index is 0. The van der Waals surface area contributed by atoms with Crippen molar-refractivity contribution in [1.29, 1.82) is 0 Å². The van der Waals surface area contributed by atoms with Crippen molar-refractivity contribution in [3.05, 3.63) is 45.3 Å². The summed E-state index contributed by atoms with van der Waals surface area (Å²) in [4.78, 5) is 0. The van der Waals surface area contributed by atoms with Gasteiger partial charge in [0.05, 0.1) is 0 Å². The minimum atomic E-state index is -0.355. The summed E-state index contributed by atoms with van der Waals surface area (Å²) in [6.07, 6.45) is 2.00. The van der Waals surface area contributed by atoms with E-state index in [2.05, 4.69) is 40.7 Å². The average Bonchev–Trinajstić information content (AvgIpc) is 2.30. The van der Waals surface area contributed by atoms with Crippen LogP contribution in [0.5, 0.6) is 0 Å². The van der Waals surface area contributed by atoms with Crippen LogP contribution in [-0.2, 0) is 21.7 Å². The molecule has 1 aromatic rings. The molecule has 1 nitrogen and oxygen atoms in total. The molecule has 0 spiro atoms. The first-order valence-corrected chi connectivity index (χ1v) is 7.15. The standard InChI is InChI=1S/C9H13.C6H14NSi.2ClH.Ti/c1-6-5-7(2)9(4)8(6)3;1-5(8)4-6(2,3)7;;;/h5H,1-4H3;4,7H,1-3,8H3;2*1H;/q2*-1;;;+4/p-2. The van der Waals surface area contributed by atoms with E-state index in [1.807, 2.05) is 19.9 Å². The molecule has 0 heterocycles. The monoisotopic (exact) mass is 367 g/mol. The quantitative estimate of drug-likeness (QED) is 0.395. The molecule has 20 heavy (non-hydrogen) atoms. The van der Waals surface area contributed by atoms with Gasteiger partial charge in [0.2, 0.25) is 0 Å². The van der Waals surface area contributed by atoms with E-state index in [1.54, 1.807) is 0 Å². The Hall–Kier alpha value is 0.561. The molecular formula is C15H27Cl2NSiTi. The molecule has 0 amide bonds. The smallest absolute Gasteiger partial charge is 1.00 e. The van der Waals surface area contributed by atoms with Crippen molar-refractivity contribution in [3.8, 4) is 0 Å². The maximum absolute atomic E-state index is 7.41. The molecule has 0 aromatic heterocycles. The van der Waals surface area contributed by atoms with Crippen molar-refractivity contribution in [2.24, 2.45) is 0 Å². The fourth-order valence-electron chi connectivity index (χ4n) is 1.85. The van der Waals surface area contributed by atoms with E-state index < -0.39 is 0 Å². The summed E-state index contributed by atoms with van der Waals surface area (Å²) in [6, 6.07) is 2.24. The van der Waals surface area contributed by atoms with E-state index in [0.29, 0.717) is 0 Å². The number of rotatable bonds is 1. The number of hydrogen-bond donors (Lipinski definition) is 0. The molecule has 0 radical (unpaired) electrons. The fourth-order valence-corrected chi connectivity index (χ4v) is 2.58. The van der Waals surface area contributed by atoms with Gasteiger partial charge in [-0.15, -0.1) is 11.6 Å². The van der Waals surface area contributed by atoms with Crippen LogP contribution in [0.1, 0.15) is 43.0 Å². The molecule has 0 bridgehead atoms. The van der Waals surface area contributed by atoms with Gasteiger partial charge in [-0.1, -0.05) is 46.7 Å². The molecular weight excluding hydrogens is 341 g/mol. The van der Waals surface area contributed by atoms with Crippen LogP contribution < -0.4 is 24.8 Å². The van der Waals surface area contributed by atoms with Crippen LogP contribution in [0.15, 0.2) is 17.3 Å². The van der Waals surface area contributed by atoms with Crippen LogP contribution in [0.4, 0.5) is 0 Å². The van der Waals surface area contributed by atoms with Gasteiger partial charge in [0.15, 0.2) is 0 Å². The Morgan fingerprint density at radius 2 is 1.65 bits per heavy atom. The predicted molar refractivity (Wildman–Crippen MR) is 83.1 cm³/mol. The van der Waals surface area contributed by atoms with Crippen molar-refractivity contribution >= 4 is 10.2 Å². The summed E-state index contributed by atoms with van der Waals surface area (Å²) in [6.45, 7) is 14.5. The second-order valence-electron chi connectivity index (χ2n) is 5.70. The van der Waals surface area contributed by atoms with E-state index >= 15 is 0 Å². The zero-order chi connectivity index (χ0) is 13.8. The number of hydrogen-bond acceptors (Lipinski definition) is 0. The van der Waals surface area contributed by atoms with Crippen LogP contribution in [0.3, 0.4) is 0 Å². The number of halogens is 2. The summed E-state index contributed by atoms with van der Waals surface area (Å²) in [5, 5.41) is 1.35. The van der Waals surface area contributed by atoms with Crippen molar-refractivity contribution in [1.82, 2.24) is 0 Å². The third-order valence-electron chi connectivity index (χ3n) is 2.83. The molecule has 0 fully saturated rings. The van der Waals surface area contributed by atoms with Gasteiger partial charge in [-0.05, 0) is 6.92 Å². The van der Waals surface area contributed by atoms with Crippen LogP contribution in [0.25, 0.3) is 5.73 Å². The molecule has 0 unspecified atom stereocenters. The average molecular weight is 368 g/mol. The summed E-state index contributed by atoms with van der Waals surface area (Å²) < 4.78 is 0. The van der Waals surface area contributed by atoms with Crippen molar-refractivity contribution in [2.75, 3.05) is 0 Å². The van der Waals surface area contributed by atoms with Crippen molar-refractivity contribution < 1.29 is 46.5 Å². The SMILES string of the molecule is CC([SiH3])=CC(C)(C)[NH-].Cc1c[c-](C)c(C)c1C.[Cl-].[Cl-].[Ti+4]. The van der Waals surface area contributed by atoms with Crippen LogP contribution in [-0.4, -0.2) is 15.8 Å². The molecule has 5 heteroatoms. The molecule has 1 aromatic carbocycles. The van der Waals surface area contributed by atoms with Gasteiger partial charge < -0.3 is 30.5 Å². The van der Waals surface area contributed by atoms with E-state index in [0.717, 1.165) is 10.2 Å². The summed E-state index contributed by atoms with van der Waals surface area (Å²) in [5.74, 6) is 0. The van der Waals surface area contributed by atoms with Crippen molar-refractivity contribution in [3.63, 3.8) is 0 Å². The molecule has 0 saturated carbocycles. The third-order valence-corrected chi connectivity index (χ3v) is 3.12. The normalized spacial score (nSPS) is 10.5. The number of allylic oxidation sites excluding steroid dienone is 1. The van der Waals surface area contributed by atoms with Gasteiger partial charge in [0, 0.05) is 10.2 Å². The number of aryl methyl sites for hydroxylation is 2. The van der Waals surface area contributed by atoms with Gasteiger partial charge in [-0.2, -0.15) is 28.3 Å². The fraction of sp³-hybridized carbons (Fsp3) is 0.533. The second-order valence-corrected chi connectivity index (χ2v) is 7.28. The first kappa shape index (κ1) is 28.7. The van der Waals surface area contributed by atoms with Gasteiger partial charge in [0.1, 0.15) is 0 Å². The number of nitrogens with one attached hydrogen (secondary N) is 1. The molecule has 1 rings (SSSR count). The van der Waals surface area contributed by atoms with E-state index in [-0.39, 0.29) is 52.1 Å². The van der Waals surface area contributed by atoms with Crippen LogP contribution >= 0.6 is 0 Å². The maximum atomic E-state index is 7.41. The van der Waals surface area contributed by atoms with Gasteiger partial charge in [-0.25, -0.2) is 0 Å². The predicted octanol–water partition coefficient (Wildman–Crippen LogP) is -2.27. The minimum Gasteiger partial charge on any atom is -1.00 e. The Morgan fingerprint density at radius 1 is 1.25 bits per heavy atom. The Morgan fingerprint density at radius 3 is 1.70 bits per heavy atom. The topological polar surface area (TPSA) is 23.8 Å². The summed E-state index contributed by atoms with van der Waals surface area (Å²) in [5.41, 5.74) is 12.8. The Kier molecular flexibility index (Phi) is 17.4. The van der Waals surface area contributed by atoms with Gasteiger partial charge in [0.25, 0.3) is 0 Å². The van der Waals surface area contributed by atoms with Gasteiger partial charge in [-0.3, -0.25) is 0 Å². The van der Waals surface area contributed by atoms with E-state index in [1.165, 1.54) is 27.5 Å².